The van der Waals surface area contributed by atoms with Crippen LogP contribution in [0.4, 0.5) is 0 Å². The molecule has 5 heteroatoms. The Hall–Kier alpha value is -1.65. The third kappa shape index (κ3) is 6.47. The summed E-state index contributed by atoms with van der Waals surface area (Å²) in [7, 11) is 0. The quantitative estimate of drug-likeness (QED) is 0.573. The average Bonchev–Trinajstić information content (AvgIpc) is 2.72. The van der Waals surface area contributed by atoms with E-state index in [0.29, 0.717) is 29.5 Å². The Bertz CT molecular complexity index is 729. The number of nitrogens with one attached hydrogen (secondary N) is 1. The fourth-order valence-electron chi connectivity index (χ4n) is 3.19. The van der Waals surface area contributed by atoms with E-state index >= 15 is 0 Å². The lowest BCUT2D eigenvalue weighted by Gasteiger charge is -2.20. The third-order valence-corrected chi connectivity index (χ3v) is 6.49. The Morgan fingerprint density at radius 2 is 1.81 bits per heavy atom. The first-order valence-electron chi connectivity index (χ1n) is 9.58. The number of halogens is 1. The fraction of sp³-hybridized carbons (Fsp3) is 0.409. The van der Waals surface area contributed by atoms with Gasteiger partial charge in [0.2, 0.25) is 0 Å². The van der Waals surface area contributed by atoms with E-state index in [2.05, 4.69) is 29.2 Å². The van der Waals surface area contributed by atoms with Gasteiger partial charge in [-0.25, -0.2) is 0 Å². The van der Waals surface area contributed by atoms with Gasteiger partial charge in [-0.2, -0.15) is 11.8 Å². The van der Waals surface area contributed by atoms with Crippen molar-refractivity contribution in [2.75, 3.05) is 13.2 Å². The van der Waals surface area contributed by atoms with Crippen molar-refractivity contribution in [3.05, 3.63) is 64.7 Å². The highest BCUT2D eigenvalue weighted by Crippen LogP contribution is 2.30. The molecule has 2 aromatic rings. The van der Waals surface area contributed by atoms with Crippen LogP contribution in [-0.4, -0.2) is 24.3 Å². The molecule has 1 aliphatic rings. The first-order chi connectivity index (χ1) is 13.2. The molecule has 0 atom stereocenters. The molecule has 0 aliphatic heterocycles. The van der Waals surface area contributed by atoms with Crippen LogP contribution in [0.2, 0.25) is 5.02 Å². The molecule has 1 saturated carbocycles. The first-order valence-corrected chi connectivity index (χ1v) is 11.0. The molecule has 1 aliphatic carbocycles. The van der Waals surface area contributed by atoms with E-state index in [1.54, 1.807) is 6.07 Å². The highest BCUT2D eigenvalue weighted by Gasteiger charge is 2.13. The zero-order chi connectivity index (χ0) is 18.9. The molecule has 0 bridgehead atoms. The van der Waals surface area contributed by atoms with Crippen molar-refractivity contribution in [3.63, 3.8) is 0 Å². The Labute approximate surface area is 170 Å². The predicted octanol–water partition coefficient (Wildman–Crippen LogP) is 5.71. The largest absolute Gasteiger partial charge is 0.490 e. The lowest BCUT2D eigenvalue weighted by Crippen LogP contribution is -2.28. The second-order valence-corrected chi connectivity index (χ2v) is 8.50. The van der Waals surface area contributed by atoms with Gasteiger partial charge >= 0.3 is 0 Å². The standard InChI is InChI=1S/C22H26ClNO2S/c23-20-8-4-5-9-21(20)26-15-14-24-22(25)18-12-10-17(11-13-18)16-27-19-6-2-1-3-7-19/h4-5,8-13,19H,1-3,6-7,14-16H2,(H,24,25). The van der Waals surface area contributed by atoms with Gasteiger partial charge < -0.3 is 10.1 Å². The van der Waals surface area contributed by atoms with Gasteiger partial charge in [0, 0.05) is 16.6 Å². The lowest BCUT2D eigenvalue weighted by molar-refractivity contribution is 0.0947. The van der Waals surface area contributed by atoms with Gasteiger partial charge in [0.1, 0.15) is 12.4 Å². The maximum absolute atomic E-state index is 12.2. The highest BCUT2D eigenvalue weighted by atomic mass is 35.5. The van der Waals surface area contributed by atoms with Crippen LogP contribution in [0, 0.1) is 0 Å². The van der Waals surface area contributed by atoms with Gasteiger partial charge in [0.25, 0.3) is 5.91 Å². The van der Waals surface area contributed by atoms with Crippen molar-refractivity contribution in [1.29, 1.82) is 0 Å². The van der Waals surface area contributed by atoms with E-state index < -0.39 is 0 Å². The summed E-state index contributed by atoms with van der Waals surface area (Å²) in [4.78, 5) is 12.2. The highest BCUT2D eigenvalue weighted by molar-refractivity contribution is 7.99. The topological polar surface area (TPSA) is 38.3 Å². The molecular formula is C22H26ClNO2S. The van der Waals surface area contributed by atoms with Gasteiger partial charge in [0.05, 0.1) is 11.6 Å². The molecule has 2 aromatic carbocycles. The zero-order valence-electron chi connectivity index (χ0n) is 15.5. The second kappa shape index (κ2) is 10.6. The summed E-state index contributed by atoms with van der Waals surface area (Å²) in [5.74, 6) is 1.58. The van der Waals surface area contributed by atoms with Gasteiger partial charge in [0.15, 0.2) is 0 Å². The molecule has 0 saturated heterocycles. The van der Waals surface area contributed by atoms with Crippen LogP contribution < -0.4 is 10.1 Å². The maximum atomic E-state index is 12.2. The number of thioether (sulfide) groups is 1. The van der Waals surface area contributed by atoms with E-state index in [9.17, 15) is 4.79 Å². The van der Waals surface area contributed by atoms with Crippen LogP contribution in [0.25, 0.3) is 0 Å². The van der Waals surface area contributed by atoms with Crippen molar-refractivity contribution in [2.24, 2.45) is 0 Å². The Morgan fingerprint density at radius 1 is 1.07 bits per heavy atom. The Balaban J connectivity index is 1.38. The number of para-hydroxylation sites is 1. The summed E-state index contributed by atoms with van der Waals surface area (Å²) >= 11 is 8.09. The van der Waals surface area contributed by atoms with E-state index in [1.807, 2.05) is 30.3 Å². The van der Waals surface area contributed by atoms with Gasteiger partial charge in [-0.3, -0.25) is 4.79 Å². The summed E-state index contributed by atoms with van der Waals surface area (Å²) < 4.78 is 5.58. The van der Waals surface area contributed by atoms with Crippen LogP contribution in [0.15, 0.2) is 48.5 Å². The van der Waals surface area contributed by atoms with Crippen LogP contribution in [-0.2, 0) is 5.75 Å². The monoisotopic (exact) mass is 403 g/mol. The smallest absolute Gasteiger partial charge is 0.251 e. The Morgan fingerprint density at radius 3 is 2.56 bits per heavy atom. The van der Waals surface area contributed by atoms with Crippen LogP contribution >= 0.6 is 23.4 Å². The van der Waals surface area contributed by atoms with Crippen molar-refractivity contribution in [1.82, 2.24) is 5.32 Å². The summed E-state index contributed by atoms with van der Waals surface area (Å²) in [5, 5.41) is 4.26. The van der Waals surface area contributed by atoms with Crippen molar-refractivity contribution < 1.29 is 9.53 Å². The molecule has 0 aromatic heterocycles. The molecule has 3 nitrogen and oxygen atoms in total. The van der Waals surface area contributed by atoms with Gasteiger partial charge in [-0.1, -0.05) is 55.1 Å². The van der Waals surface area contributed by atoms with Crippen LogP contribution in [0.5, 0.6) is 5.75 Å². The molecule has 1 N–H and O–H groups in total. The molecule has 0 radical (unpaired) electrons. The number of carbonyl (C=O) groups is 1. The zero-order valence-corrected chi connectivity index (χ0v) is 17.0. The molecule has 1 amide bonds. The summed E-state index contributed by atoms with van der Waals surface area (Å²) in [5.41, 5.74) is 1.96. The van der Waals surface area contributed by atoms with Crippen molar-refractivity contribution in [2.45, 2.75) is 43.1 Å². The third-order valence-electron chi connectivity index (χ3n) is 4.74. The summed E-state index contributed by atoms with van der Waals surface area (Å²) in [6.45, 7) is 0.814. The number of benzene rings is 2. The fourth-order valence-corrected chi connectivity index (χ4v) is 4.67. The molecule has 3 rings (SSSR count). The molecule has 0 heterocycles. The molecular weight excluding hydrogens is 378 g/mol. The first kappa shape index (κ1) is 20.1. The Kier molecular flexibility index (Phi) is 7.91. The summed E-state index contributed by atoms with van der Waals surface area (Å²) in [6, 6.07) is 15.2. The molecule has 27 heavy (non-hydrogen) atoms. The SMILES string of the molecule is O=C(NCCOc1ccccc1Cl)c1ccc(CSC2CCCCC2)cc1. The molecule has 0 unspecified atom stereocenters. The number of rotatable bonds is 8. The lowest BCUT2D eigenvalue weighted by atomic mass is 10.0. The minimum absolute atomic E-state index is 0.0794. The van der Waals surface area contributed by atoms with E-state index in [4.69, 9.17) is 16.3 Å². The van der Waals surface area contributed by atoms with Crippen molar-refractivity contribution in [3.8, 4) is 5.75 Å². The van der Waals surface area contributed by atoms with E-state index in [0.717, 1.165) is 11.0 Å². The minimum Gasteiger partial charge on any atom is -0.490 e. The number of ether oxygens (including phenoxy) is 1. The maximum Gasteiger partial charge on any atom is 0.251 e. The van der Waals surface area contributed by atoms with Gasteiger partial charge in [-0.15, -0.1) is 0 Å². The number of hydrogen-bond donors (Lipinski definition) is 1. The van der Waals surface area contributed by atoms with Crippen LogP contribution in [0.3, 0.4) is 0 Å². The molecule has 0 spiro atoms. The van der Waals surface area contributed by atoms with Crippen LogP contribution in [0.1, 0.15) is 48.0 Å². The number of carbonyl (C=O) groups excluding carboxylic acids is 1. The van der Waals surface area contributed by atoms with Crippen molar-refractivity contribution >= 4 is 29.3 Å². The second-order valence-electron chi connectivity index (χ2n) is 6.80. The van der Waals surface area contributed by atoms with E-state index in [1.165, 1.54) is 37.7 Å². The number of amides is 1. The number of hydrogen-bond acceptors (Lipinski definition) is 3. The predicted molar refractivity (Wildman–Crippen MR) is 114 cm³/mol. The van der Waals surface area contributed by atoms with Gasteiger partial charge in [-0.05, 0) is 42.7 Å². The minimum atomic E-state index is -0.0794. The summed E-state index contributed by atoms with van der Waals surface area (Å²) in [6.07, 6.45) is 6.83. The molecule has 1 fully saturated rings. The molecule has 144 valence electrons. The van der Waals surface area contributed by atoms with E-state index in [-0.39, 0.29) is 5.91 Å². The average molecular weight is 404 g/mol. The normalized spacial score (nSPS) is 14.7.